The van der Waals surface area contributed by atoms with E-state index in [0.29, 0.717) is 25.9 Å². The van der Waals surface area contributed by atoms with E-state index < -0.39 is 5.97 Å². The van der Waals surface area contributed by atoms with Gasteiger partial charge in [0.1, 0.15) is 0 Å². The molecule has 1 aliphatic heterocycles. The molecule has 0 spiro atoms. The molecule has 0 aromatic rings. The Balaban J connectivity index is 2.34. The molecule has 14 heavy (non-hydrogen) atoms. The van der Waals surface area contributed by atoms with Gasteiger partial charge in [0.2, 0.25) is 5.91 Å². The Morgan fingerprint density at radius 1 is 1.57 bits per heavy atom. The van der Waals surface area contributed by atoms with E-state index in [0.717, 1.165) is 5.75 Å². The van der Waals surface area contributed by atoms with Crippen LogP contribution in [0.3, 0.4) is 0 Å². The van der Waals surface area contributed by atoms with Crippen molar-refractivity contribution < 1.29 is 14.7 Å². The van der Waals surface area contributed by atoms with Crippen LogP contribution in [-0.4, -0.2) is 47.0 Å². The summed E-state index contributed by atoms with van der Waals surface area (Å²) in [7, 11) is 0. The van der Waals surface area contributed by atoms with E-state index in [1.165, 1.54) is 0 Å². The molecule has 1 fully saturated rings. The van der Waals surface area contributed by atoms with Crippen LogP contribution in [0.4, 0.5) is 0 Å². The average Bonchev–Trinajstić information content (AvgIpc) is 2.62. The van der Waals surface area contributed by atoms with Gasteiger partial charge in [-0.2, -0.15) is 11.8 Å². The van der Waals surface area contributed by atoms with E-state index >= 15 is 0 Å². The summed E-state index contributed by atoms with van der Waals surface area (Å²) in [4.78, 5) is 23.8. The number of carboxylic acids is 1. The SMILES string of the molecule is CSCCC(=O)N1CCC(C(=O)O)C1. The molecule has 1 aliphatic rings. The second-order valence-corrected chi connectivity index (χ2v) is 4.39. The van der Waals surface area contributed by atoms with Gasteiger partial charge in [-0.15, -0.1) is 0 Å². The van der Waals surface area contributed by atoms with Crippen LogP contribution in [0, 0.1) is 5.92 Å². The first-order valence-corrected chi connectivity index (χ1v) is 6.04. The summed E-state index contributed by atoms with van der Waals surface area (Å²) < 4.78 is 0. The summed E-state index contributed by atoms with van der Waals surface area (Å²) in [6.07, 6.45) is 3.07. The highest BCUT2D eigenvalue weighted by atomic mass is 32.2. The Labute approximate surface area is 87.7 Å². The number of hydrogen-bond donors (Lipinski definition) is 1. The lowest BCUT2D eigenvalue weighted by atomic mass is 10.1. The molecule has 1 unspecified atom stereocenters. The highest BCUT2D eigenvalue weighted by Crippen LogP contribution is 2.17. The summed E-state index contributed by atoms with van der Waals surface area (Å²) in [6.45, 7) is 0.993. The highest BCUT2D eigenvalue weighted by molar-refractivity contribution is 7.98. The monoisotopic (exact) mass is 217 g/mol. The molecule has 1 rings (SSSR count). The van der Waals surface area contributed by atoms with E-state index in [2.05, 4.69) is 0 Å². The number of carbonyl (C=O) groups excluding carboxylic acids is 1. The van der Waals surface area contributed by atoms with Crippen LogP contribution in [0.1, 0.15) is 12.8 Å². The molecule has 1 heterocycles. The van der Waals surface area contributed by atoms with Gasteiger partial charge in [-0.25, -0.2) is 0 Å². The third-order valence-corrected chi connectivity index (χ3v) is 3.02. The number of carbonyl (C=O) groups is 2. The van der Waals surface area contributed by atoms with Crippen molar-refractivity contribution in [2.75, 3.05) is 25.1 Å². The number of likely N-dealkylation sites (tertiary alicyclic amines) is 1. The Kier molecular flexibility index (Phi) is 4.25. The van der Waals surface area contributed by atoms with Crippen molar-refractivity contribution in [2.24, 2.45) is 5.92 Å². The third-order valence-electron chi connectivity index (χ3n) is 2.41. The predicted molar refractivity (Wildman–Crippen MR) is 55.3 cm³/mol. The van der Waals surface area contributed by atoms with Crippen LogP contribution in [0.15, 0.2) is 0 Å². The molecule has 5 heteroatoms. The normalized spacial score (nSPS) is 21.2. The first kappa shape index (κ1) is 11.4. The molecule has 4 nitrogen and oxygen atoms in total. The van der Waals surface area contributed by atoms with E-state index in [1.807, 2.05) is 6.26 Å². The third kappa shape index (κ3) is 2.90. The molecule has 0 aromatic heterocycles. The number of amides is 1. The minimum Gasteiger partial charge on any atom is -0.481 e. The molecular formula is C9H15NO3S. The fourth-order valence-electron chi connectivity index (χ4n) is 1.54. The largest absolute Gasteiger partial charge is 0.481 e. The molecule has 1 N–H and O–H groups in total. The smallest absolute Gasteiger partial charge is 0.308 e. The molecule has 0 saturated carbocycles. The molecular weight excluding hydrogens is 202 g/mol. The van der Waals surface area contributed by atoms with Crippen molar-refractivity contribution in [3.05, 3.63) is 0 Å². The maximum Gasteiger partial charge on any atom is 0.308 e. The molecule has 80 valence electrons. The highest BCUT2D eigenvalue weighted by Gasteiger charge is 2.30. The fourth-order valence-corrected chi connectivity index (χ4v) is 1.91. The average molecular weight is 217 g/mol. The number of carboxylic acid groups (broad SMARTS) is 1. The number of nitrogens with zero attached hydrogens (tertiary/aromatic N) is 1. The summed E-state index contributed by atoms with van der Waals surface area (Å²) in [6, 6.07) is 0. The maximum atomic E-state index is 11.5. The van der Waals surface area contributed by atoms with Crippen LogP contribution in [-0.2, 0) is 9.59 Å². The molecule has 0 aromatic carbocycles. The van der Waals surface area contributed by atoms with Gasteiger partial charge in [-0.05, 0) is 12.7 Å². The zero-order chi connectivity index (χ0) is 10.6. The predicted octanol–water partition coefficient (Wildman–Crippen LogP) is 0.673. The topological polar surface area (TPSA) is 57.6 Å². The fraction of sp³-hybridized carbons (Fsp3) is 0.778. The van der Waals surface area contributed by atoms with Gasteiger partial charge in [0.15, 0.2) is 0 Å². The lowest BCUT2D eigenvalue weighted by molar-refractivity contribution is -0.141. The first-order chi connectivity index (χ1) is 6.65. The zero-order valence-electron chi connectivity index (χ0n) is 8.23. The number of hydrogen-bond acceptors (Lipinski definition) is 3. The molecule has 1 amide bonds. The lowest BCUT2D eigenvalue weighted by Crippen LogP contribution is -2.30. The van der Waals surface area contributed by atoms with E-state index in [-0.39, 0.29) is 11.8 Å². The molecule has 1 saturated heterocycles. The molecule has 0 aliphatic carbocycles. The molecule has 0 bridgehead atoms. The van der Waals surface area contributed by atoms with Gasteiger partial charge >= 0.3 is 5.97 Å². The summed E-state index contributed by atoms with van der Waals surface area (Å²) in [5.41, 5.74) is 0. The van der Waals surface area contributed by atoms with Gasteiger partial charge in [0.25, 0.3) is 0 Å². The van der Waals surface area contributed by atoms with E-state index in [1.54, 1.807) is 16.7 Å². The summed E-state index contributed by atoms with van der Waals surface area (Å²) >= 11 is 1.63. The Morgan fingerprint density at radius 3 is 2.79 bits per heavy atom. The van der Waals surface area contributed by atoms with E-state index in [9.17, 15) is 9.59 Å². The van der Waals surface area contributed by atoms with Gasteiger partial charge in [0.05, 0.1) is 5.92 Å². The van der Waals surface area contributed by atoms with Gasteiger partial charge in [0, 0.05) is 25.3 Å². The maximum absolute atomic E-state index is 11.5. The quantitative estimate of drug-likeness (QED) is 0.752. The van der Waals surface area contributed by atoms with Gasteiger partial charge in [-0.3, -0.25) is 9.59 Å². The lowest BCUT2D eigenvalue weighted by Gasteiger charge is -2.15. The van der Waals surface area contributed by atoms with Crippen molar-refractivity contribution >= 4 is 23.6 Å². The minimum atomic E-state index is -0.787. The Bertz CT molecular complexity index is 232. The van der Waals surface area contributed by atoms with Crippen molar-refractivity contribution in [1.82, 2.24) is 4.90 Å². The van der Waals surface area contributed by atoms with Crippen LogP contribution < -0.4 is 0 Å². The second-order valence-electron chi connectivity index (χ2n) is 3.41. The van der Waals surface area contributed by atoms with Crippen LogP contribution in [0.5, 0.6) is 0 Å². The van der Waals surface area contributed by atoms with Gasteiger partial charge in [-0.1, -0.05) is 0 Å². The zero-order valence-corrected chi connectivity index (χ0v) is 9.05. The van der Waals surface area contributed by atoms with Crippen molar-refractivity contribution in [1.29, 1.82) is 0 Å². The molecule has 1 atom stereocenters. The number of thioether (sulfide) groups is 1. The van der Waals surface area contributed by atoms with Gasteiger partial charge < -0.3 is 10.0 Å². The minimum absolute atomic E-state index is 0.0862. The van der Waals surface area contributed by atoms with Crippen molar-refractivity contribution in [3.8, 4) is 0 Å². The Morgan fingerprint density at radius 2 is 2.29 bits per heavy atom. The van der Waals surface area contributed by atoms with E-state index in [4.69, 9.17) is 5.11 Å². The summed E-state index contributed by atoms with van der Waals surface area (Å²) in [5.74, 6) is -0.242. The second kappa shape index (κ2) is 5.24. The molecule has 0 radical (unpaired) electrons. The standard InChI is InChI=1S/C9H15NO3S/c1-14-5-3-8(11)10-4-2-7(6-10)9(12)13/h7H,2-6H2,1H3,(H,12,13). The first-order valence-electron chi connectivity index (χ1n) is 4.64. The van der Waals surface area contributed by atoms with Crippen LogP contribution in [0.2, 0.25) is 0 Å². The Hall–Kier alpha value is -0.710. The summed E-state index contributed by atoms with van der Waals surface area (Å²) in [5, 5.41) is 8.75. The number of rotatable bonds is 4. The van der Waals surface area contributed by atoms with Crippen molar-refractivity contribution in [2.45, 2.75) is 12.8 Å². The van der Waals surface area contributed by atoms with Crippen molar-refractivity contribution in [3.63, 3.8) is 0 Å². The number of aliphatic carboxylic acids is 1. The van der Waals surface area contributed by atoms with Crippen LogP contribution >= 0.6 is 11.8 Å². The van der Waals surface area contributed by atoms with Crippen LogP contribution in [0.25, 0.3) is 0 Å².